The van der Waals surface area contributed by atoms with Crippen LogP contribution in [0.25, 0.3) is 0 Å². The van der Waals surface area contributed by atoms with Gasteiger partial charge in [0, 0.05) is 5.41 Å². The minimum atomic E-state index is -0.705. The van der Waals surface area contributed by atoms with Gasteiger partial charge >= 0.3 is 5.97 Å². The molecule has 0 saturated carbocycles. The van der Waals surface area contributed by atoms with Gasteiger partial charge in [-0.3, -0.25) is 4.79 Å². The van der Waals surface area contributed by atoms with Crippen LogP contribution in [0.3, 0.4) is 0 Å². The number of hydrogen-bond donors (Lipinski definition) is 1. The van der Waals surface area contributed by atoms with E-state index in [0.717, 1.165) is 17.6 Å². The van der Waals surface area contributed by atoms with E-state index in [9.17, 15) is 9.90 Å². The molecule has 84 valence electrons. The third-order valence-electron chi connectivity index (χ3n) is 4.01. The maximum absolute atomic E-state index is 11.4. The van der Waals surface area contributed by atoms with Gasteiger partial charge in [-0.15, -0.1) is 0 Å². The molecule has 1 rings (SSSR count). The van der Waals surface area contributed by atoms with E-state index in [1.807, 2.05) is 27.7 Å². The molecule has 0 saturated heterocycles. The molecule has 2 heteroatoms. The maximum atomic E-state index is 11.4. The lowest BCUT2D eigenvalue weighted by Gasteiger charge is -2.39. The van der Waals surface area contributed by atoms with Gasteiger partial charge in [-0.2, -0.15) is 0 Å². The Balaban J connectivity index is 3.32. The molecule has 0 radical (unpaired) electrons. The number of hydrogen-bond acceptors (Lipinski definition) is 1. The van der Waals surface area contributed by atoms with Gasteiger partial charge < -0.3 is 5.11 Å². The molecule has 0 bridgehead atoms. The Bertz CT molecular complexity index is 350. The van der Waals surface area contributed by atoms with E-state index in [2.05, 4.69) is 13.0 Å². The van der Waals surface area contributed by atoms with Crippen molar-refractivity contribution in [3.05, 3.63) is 22.8 Å². The molecule has 0 spiro atoms. The molecule has 1 N–H and O–H groups in total. The van der Waals surface area contributed by atoms with Crippen molar-refractivity contribution >= 4 is 5.97 Å². The van der Waals surface area contributed by atoms with Gasteiger partial charge in [0.15, 0.2) is 0 Å². The molecule has 0 aromatic heterocycles. The summed E-state index contributed by atoms with van der Waals surface area (Å²) in [6.07, 6.45) is 2.98. The van der Waals surface area contributed by atoms with E-state index in [1.54, 1.807) is 0 Å². The lowest BCUT2D eigenvalue weighted by molar-refractivity contribution is -0.143. The summed E-state index contributed by atoms with van der Waals surface area (Å²) in [5.41, 5.74) is 3.05. The first-order chi connectivity index (χ1) is 6.84. The highest BCUT2D eigenvalue weighted by molar-refractivity contribution is 5.76. The number of rotatable bonds is 2. The van der Waals surface area contributed by atoms with Crippen molar-refractivity contribution in [1.29, 1.82) is 0 Å². The smallest absolute Gasteiger partial charge is 0.311 e. The molecule has 0 aromatic carbocycles. The summed E-state index contributed by atoms with van der Waals surface area (Å²) in [5.74, 6) is -1.07. The zero-order valence-corrected chi connectivity index (χ0v) is 10.2. The van der Waals surface area contributed by atoms with E-state index in [4.69, 9.17) is 0 Å². The van der Waals surface area contributed by atoms with Crippen LogP contribution in [0.5, 0.6) is 0 Å². The zero-order valence-electron chi connectivity index (χ0n) is 10.2. The average Bonchev–Trinajstić information content (AvgIpc) is 2.14. The number of carboxylic acid groups (broad SMARTS) is 1. The van der Waals surface area contributed by atoms with Crippen molar-refractivity contribution in [1.82, 2.24) is 0 Å². The molecule has 15 heavy (non-hydrogen) atoms. The minimum Gasteiger partial charge on any atom is -0.481 e. The molecular weight excluding hydrogens is 188 g/mol. The first kappa shape index (κ1) is 12.0. The third-order valence-corrected chi connectivity index (χ3v) is 4.01. The predicted octanol–water partition coefficient (Wildman–Crippen LogP) is 3.40. The van der Waals surface area contributed by atoms with E-state index < -0.39 is 5.97 Å². The molecule has 0 fully saturated rings. The number of aliphatic carboxylic acids is 1. The quantitative estimate of drug-likeness (QED) is 0.755. The van der Waals surface area contributed by atoms with Crippen molar-refractivity contribution in [2.24, 2.45) is 11.3 Å². The Hall–Kier alpha value is -1.05. The Morgan fingerprint density at radius 3 is 2.40 bits per heavy atom. The fraction of sp³-hybridized carbons (Fsp3) is 0.615. The summed E-state index contributed by atoms with van der Waals surface area (Å²) in [6.45, 7) is 10.1. The summed E-state index contributed by atoms with van der Waals surface area (Å²) >= 11 is 0. The Labute approximate surface area is 91.7 Å². The van der Waals surface area contributed by atoms with E-state index >= 15 is 0 Å². The monoisotopic (exact) mass is 208 g/mol. The third kappa shape index (κ3) is 1.73. The highest BCUT2D eigenvalue weighted by Gasteiger charge is 2.42. The van der Waals surface area contributed by atoms with Crippen LogP contribution in [0.1, 0.15) is 41.0 Å². The van der Waals surface area contributed by atoms with Gasteiger partial charge in [-0.05, 0) is 27.2 Å². The molecule has 2 atom stereocenters. The normalized spacial score (nSPS) is 31.5. The van der Waals surface area contributed by atoms with Crippen LogP contribution in [-0.4, -0.2) is 11.1 Å². The van der Waals surface area contributed by atoms with Crippen LogP contribution < -0.4 is 0 Å². The number of carbonyl (C=O) groups is 1. The molecule has 1 aliphatic carbocycles. The minimum absolute atomic E-state index is 0.227. The summed E-state index contributed by atoms with van der Waals surface area (Å²) in [5, 5.41) is 9.35. The Morgan fingerprint density at radius 1 is 1.47 bits per heavy atom. The topological polar surface area (TPSA) is 37.3 Å². The first-order valence-corrected chi connectivity index (χ1v) is 5.43. The van der Waals surface area contributed by atoms with Crippen LogP contribution in [0.4, 0.5) is 0 Å². The standard InChI is InChI=1S/C13H20O2/c1-6-13(5)9(3)7-8(2)10(4)11(13)12(14)15/h7,11H,6H2,1-5H3,(H,14,15). The second-order valence-electron chi connectivity index (χ2n) is 4.74. The van der Waals surface area contributed by atoms with Gasteiger partial charge in [-0.25, -0.2) is 0 Å². The molecule has 0 heterocycles. The lowest BCUT2D eigenvalue weighted by atomic mass is 9.63. The van der Waals surface area contributed by atoms with Crippen LogP contribution in [0.15, 0.2) is 22.8 Å². The van der Waals surface area contributed by atoms with Crippen molar-refractivity contribution in [2.75, 3.05) is 0 Å². The van der Waals surface area contributed by atoms with Crippen molar-refractivity contribution in [2.45, 2.75) is 41.0 Å². The average molecular weight is 208 g/mol. The fourth-order valence-electron chi connectivity index (χ4n) is 2.48. The number of allylic oxidation sites excluding steroid dienone is 3. The molecule has 2 unspecified atom stereocenters. The van der Waals surface area contributed by atoms with Crippen LogP contribution in [0.2, 0.25) is 0 Å². The second kappa shape index (κ2) is 3.84. The summed E-state index contributed by atoms with van der Waals surface area (Å²) in [4.78, 5) is 11.4. The molecule has 0 aromatic rings. The second-order valence-corrected chi connectivity index (χ2v) is 4.74. The van der Waals surface area contributed by atoms with Gasteiger partial charge in [-0.1, -0.05) is 36.6 Å². The van der Waals surface area contributed by atoms with Gasteiger partial charge in [0.2, 0.25) is 0 Å². The molecule has 0 aliphatic heterocycles. The SMILES string of the molecule is CCC1(C)C(C)=CC(C)=C(C)C1C(=O)O. The zero-order chi connectivity index (χ0) is 11.8. The molecule has 0 amide bonds. The summed E-state index contributed by atoms with van der Waals surface area (Å²) in [7, 11) is 0. The van der Waals surface area contributed by atoms with Crippen molar-refractivity contribution < 1.29 is 9.90 Å². The van der Waals surface area contributed by atoms with Crippen LogP contribution in [-0.2, 0) is 4.79 Å². The van der Waals surface area contributed by atoms with Crippen molar-refractivity contribution in [3.8, 4) is 0 Å². The molecular formula is C13H20O2. The summed E-state index contributed by atoms with van der Waals surface area (Å²) < 4.78 is 0. The fourth-order valence-corrected chi connectivity index (χ4v) is 2.48. The van der Waals surface area contributed by atoms with E-state index in [-0.39, 0.29) is 11.3 Å². The van der Waals surface area contributed by atoms with Gasteiger partial charge in [0.1, 0.15) is 0 Å². The highest BCUT2D eigenvalue weighted by atomic mass is 16.4. The van der Waals surface area contributed by atoms with Gasteiger partial charge in [0.25, 0.3) is 0 Å². The van der Waals surface area contributed by atoms with Crippen LogP contribution >= 0.6 is 0 Å². The predicted molar refractivity (Wildman–Crippen MR) is 61.7 cm³/mol. The largest absolute Gasteiger partial charge is 0.481 e. The number of carboxylic acids is 1. The van der Waals surface area contributed by atoms with Gasteiger partial charge in [0.05, 0.1) is 5.92 Å². The first-order valence-electron chi connectivity index (χ1n) is 5.43. The van der Waals surface area contributed by atoms with Crippen LogP contribution in [0, 0.1) is 11.3 Å². The Morgan fingerprint density at radius 2 is 2.00 bits per heavy atom. The van der Waals surface area contributed by atoms with Crippen molar-refractivity contribution in [3.63, 3.8) is 0 Å². The molecule has 1 aliphatic rings. The Kier molecular flexibility index (Phi) is 3.08. The van der Waals surface area contributed by atoms with E-state index in [1.165, 1.54) is 5.57 Å². The molecule has 2 nitrogen and oxygen atoms in total. The summed E-state index contributed by atoms with van der Waals surface area (Å²) in [6, 6.07) is 0. The highest BCUT2D eigenvalue weighted by Crippen LogP contribution is 2.46. The lowest BCUT2D eigenvalue weighted by Crippen LogP contribution is -2.37. The maximum Gasteiger partial charge on any atom is 0.311 e. The van der Waals surface area contributed by atoms with E-state index in [0.29, 0.717) is 0 Å².